The summed E-state index contributed by atoms with van der Waals surface area (Å²) in [5, 5.41) is 7.28. The summed E-state index contributed by atoms with van der Waals surface area (Å²) >= 11 is 6.49. The lowest BCUT2D eigenvalue weighted by molar-refractivity contribution is -0.183. The standard InChI is InChI=1S/C21H29ClF3N3O/c1-26-19(28-16-6-4-5-15(13-16)21(23,24)25)27-14-20(9-11-29-12-10-20)17-7-2-3-8-18(17)22/h2-3,7-8,15-16H,4-6,9-14H2,1H3,(H2,26,27,28). The molecule has 3 rings (SSSR count). The van der Waals surface area contributed by atoms with Gasteiger partial charge in [0.2, 0.25) is 0 Å². The molecule has 1 aliphatic carbocycles. The molecule has 1 saturated carbocycles. The topological polar surface area (TPSA) is 45.7 Å². The molecule has 0 amide bonds. The number of benzene rings is 1. The summed E-state index contributed by atoms with van der Waals surface area (Å²) in [7, 11) is 1.64. The number of hydrogen-bond donors (Lipinski definition) is 2. The zero-order chi connectivity index (χ0) is 20.9. The van der Waals surface area contributed by atoms with Crippen LogP contribution in [0.3, 0.4) is 0 Å². The van der Waals surface area contributed by atoms with E-state index in [1.54, 1.807) is 7.05 Å². The zero-order valence-corrected chi connectivity index (χ0v) is 17.5. The van der Waals surface area contributed by atoms with Gasteiger partial charge in [-0.1, -0.05) is 36.2 Å². The van der Waals surface area contributed by atoms with Crippen molar-refractivity contribution in [2.45, 2.75) is 56.2 Å². The summed E-state index contributed by atoms with van der Waals surface area (Å²) in [6.07, 6.45) is -0.901. The monoisotopic (exact) mass is 431 g/mol. The largest absolute Gasteiger partial charge is 0.391 e. The van der Waals surface area contributed by atoms with E-state index < -0.39 is 12.1 Å². The van der Waals surface area contributed by atoms with Crippen LogP contribution in [0.2, 0.25) is 5.02 Å². The Labute approximate surface area is 175 Å². The number of ether oxygens (including phenoxy) is 1. The van der Waals surface area contributed by atoms with Crippen molar-refractivity contribution in [3.8, 4) is 0 Å². The van der Waals surface area contributed by atoms with Crippen molar-refractivity contribution in [3.63, 3.8) is 0 Å². The lowest BCUT2D eigenvalue weighted by Gasteiger charge is -2.39. The third kappa shape index (κ3) is 5.57. The van der Waals surface area contributed by atoms with Gasteiger partial charge in [-0.2, -0.15) is 13.2 Å². The second kappa shape index (κ2) is 9.56. The number of rotatable bonds is 4. The number of nitrogens with zero attached hydrogens (tertiary/aromatic N) is 1. The van der Waals surface area contributed by atoms with Gasteiger partial charge in [-0.15, -0.1) is 0 Å². The molecule has 0 bridgehead atoms. The first-order valence-electron chi connectivity index (χ1n) is 10.2. The van der Waals surface area contributed by atoms with Gasteiger partial charge in [0.15, 0.2) is 5.96 Å². The molecule has 0 aromatic heterocycles. The predicted molar refractivity (Wildman–Crippen MR) is 109 cm³/mol. The molecule has 2 atom stereocenters. The summed E-state index contributed by atoms with van der Waals surface area (Å²) in [5.41, 5.74) is 0.873. The van der Waals surface area contributed by atoms with Gasteiger partial charge in [-0.05, 0) is 43.7 Å². The maximum Gasteiger partial charge on any atom is 0.391 e. The molecule has 1 heterocycles. The summed E-state index contributed by atoms with van der Waals surface area (Å²) in [6.45, 7) is 1.89. The molecule has 162 valence electrons. The Hall–Kier alpha value is -1.47. The average Bonchev–Trinajstić information content (AvgIpc) is 2.71. The molecule has 1 aromatic carbocycles. The van der Waals surface area contributed by atoms with Gasteiger partial charge < -0.3 is 15.4 Å². The van der Waals surface area contributed by atoms with E-state index in [4.69, 9.17) is 16.3 Å². The van der Waals surface area contributed by atoms with Crippen LogP contribution in [-0.2, 0) is 10.2 Å². The van der Waals surface area contributed by atoms with Gasteiger partial charge in [0.1, 0.15) is 0 Å². The van der Waals surface area contributed by atoms with E-state index in [9.17, 15) is 13.2 Å². The summed E-state index contributed by atoms with van der Waals surface area (Å²) < 4.78 is 44.9. The van der Waals surface area contributed by atoms with Gasteiger partial charge in [-0.3, -0.25) is 4.99 Å². The lowest BCUT2D eigenvalue weighted by Crippen LogP contribution is -2.51. The van der Waals surface area contributed by atoms with Crippen LogP contribution >= 0.6 is 11.6 Å². The van der Waals surface area contributed by atoms with Crippen LogP contribution in [0.5, 0.6) is 0 Å². The Morgan fingerprint density at radius 3 is 2.62 bits per heavy atom. The molecule has 0 spiro atoms. The number of alkyl halides is 3. The molecule has 8 heteroatoms. The van der Waals surface area contributed by atoms with E-state index >= 15 is 0 Å². The first-order valence-corrected chi connectivity index (χ1v) is 10.6. The maximum absolute atomic E-state index is 13.1. The van der Waals surface area contributed by atoms with E-state index in [0.717, 1.165) is 29.8 Å². The number of guanidine groups is 1. The number of halogens is 4. The zero-order valence-electron chi connectivity index (χ0n) is 16.7. The van der Waals surface area contributed by atoms with Gasteiger partial charge in [0, 0.05) is 43.3 Å². The Kier molecular flexibility index (Phi) is 7.32. The van der Waals surface area contributed by atoms with Gasteiger partial charge in [0.05, 0.1) is 5.92 Å². The molecule has 1 saturated heterocycles. The molecule has 1 aliphatic heterocycles. The van der Waals surface area contributed by atoms with Gasteiger partial charge in [-0.25, -0.2) is 0 Å². The van der Waals surface area contributed by atoms with Crippen molar-refractivity contribution >= 4 is 17.6 Å². The van der Waals surface area contributed by atoms with Crippen LogP contribution in [0.1, 0.15) is 44.1 Å². The molecular weight excluding hydrogens is 403 g/mol. The van der Waals surface area contributed by atoms with Crippen LogP contribution in [-0.4, -0.2) is 45.0 Å². The summed E-state index contributed by atoms with van der Waals surface area (Å²) in [5.74, 6) is -0.701. The fraction of sp³-hybridized carbons (Fsp3) is 0.667. The predicted octanol–water partition coefficient (Wildman–Crippen LogP) is 4.67. The molecule has 2 fully saturated rings. The minimum Gasteiger partial charge on any atom is -0.381 e. The SMILES string of the molecule is CN=C(NCC1(c2ccccc2Cl)CCOCC1)NC1CCCC(C(F)(F)F)C1. The Morgan fingerprint density at radius 1 is 1.24 bits per heavy atom. The number of nitrogens with one attached hydrogen (secondary N) is 2. The molecule has 0 radical (unpaired) electrons. The van der Waals surface area contributed by atoms with Crippen molar-refractivity contribution in [2.75, 3.05) is 26.8 Å². The van der Waals surface area contributed by atoms with Crippen molar-refractivity contribution in [2.24, 2.45) is 10.9 Å². The molecule has 2 unspecified atom stereocenters. The van der Waals surface area contributed by atoms with Crippen molar-refractivity contribution < 1.29 is 17.9 Å². The van der Waals surface area contributed by atoms with Gasteiger partial charge >= 0.3 is 6.18 Å². The molecular formula is C21H29ClF3N3O. The van der Waals surface area contributed by atoms with Crippen LogP contribution in [0.15, 0.2) is 29.3 Å². The first-order chi connectivity index (χ1) is 13.8. The summed E-state index contributed by atoms with van der Waals surface area (Å²) in [6, 6.07) is 7.59. The fourth-order valence-electron chi connectivity index (χ4n) is 4.45. The molecule has 4 nitrogen and oxygen atoms in total. The van der Waals surface area contributed by atoms with E-state index in [-0.39, 0.29) is 24.3 Å². The minimum absolute atomic E-state index is 0.0910. The van der Waals surface area contributed by atoms with E-state index in [1.165, 1.54) is 0 Å². The minimum atomic E-state index is -4.13. The van der Waals surface area contributed by atoms with Crippen LogP contribution in [0.4, 0.5) is 13.2 Å². The van der Waals surface area contributed by atoms with Crippen LogP contribution in [0.25, 0.3) is 0 Å². The molecule has 2 N–H and O–H groups in total. The Bertz CT molecular complexity index is 705. The lowest BCUT2D eigenvalue weighted by atomic mass is 9.74. The average molecular weight is 432 g/mol. The normalized spacial score (nSPS) is 25.5. The third-order valence-corrected chi connectivity index (χ3v) is 6.52. The maximum atomic E-state index is 13.1. The van der Waals surface area contributed by atoms with Crippen molar-refractivity contribution in [1.82, 2.24) is 10.6 Å². The number of aliphatic imine (C=N–C) groups is 1. The number of hydrogen-bond acceptors (Lipinski definition) is 2. The second-order valence-corrected chi connectivity index (χ2v) is 8.45. The van der Waals surface area contributed by atoms with Crippen molar-refractivity contribution in [1.29, 1.82) is 0 Å². The highest BCUT2D eigenvalue weighted by atomic mass is 35.5. The first kappa shape index (κ1) is 22.2. The highest BCUT2D eigenvalue weighted by Gasteiger charge is 2.42. The fourth-order valence-corrected chi connectivity index (χ4v) is 4.79. The quantitative estimate of drug-likeness (QED) is 0.537. The molecule has 1 aromatic rings. The molecule has 29 heavy (non-hydrogen) atoms. The highest BCUT2D eigenvalue weighted by molar-refractivity contribution is 6.31. The van der Waals surface area contributed by atoms with Crippen LogP contribution < -0.4 is 10.6 Å². The van der Waals surface area contributed by atoms with Gasteiger partial charge in [0.25, 0.3) is 0 Å². The molecule has 2 aliphatic rings. The van der Waals surface area contributed by atoms with Crippen molar-refractivity contribution in [3.05, 3.63) is 34.9 Å². The second-order valence-electron chi connectivity index (χ2n) is 8.04. The van der Waals surface area contributed by atoms with E-state index in [0.29, 0.717) is 32.1 Å². The van der Waals surface area contributed by atoms with Crippen LogP contribution in [0, 0.1) is 5.92 Å². The van der Waals surface area contributed by atoms with E-state index in [2.05, 4.69) is 15.6 Å². The Morgan fingerprint density at radius 2 is 1.97 bits per heavy atom. The van der Waals surface area contributed by atoms with E-state index in [1.807, 2.05) is 24.3 Å². The highest BCUT2D eigenvalue weighted by Crippen LogP contribution is 2.39. The third-order valence-electron chi connectivity index (χ3n) is 6.19. The Balaban J connectivity index is 1.66. The smallest absolute Gasteiger partial charge is 0.381 e. The summed E-state index contributed by atoms with van der Waals surface area (Å²) in [4.78, 5) is 4.25.